The van der Waals surface area contributed by atoms with Gasteiger partial charge in [-0.25, -0.2) is 0 Å². The molecule has 0 saturated carbocycles. The SMILES string of the molecule is NC(=O)C1(Nc2ccc(Cl)cc2)COC1. The molecule has 1 saturated heterocycles. The molecule has 1 aliphatic rings. The van der Waals surface area contributed by atoms with Gasteiger partial charge in [0.15, 0.2) is 5.54 Å². The maximum atomic E-state index is 11.2. The van der Waals surface area contributed by atoms with E-state index in [9.17, 15) is 4.79 Å². The van der Waals surface area contributed by atoms with Gasteiger partial charge in [0.1, 0.15) is 0 Å². The number of nitrogens with one attached hydrogen (secondary N) is 1. The zero-order valence-corrected chi connectivity index (χ0v) is 8.75. The van der Waals surface area contributed by atoms with Crippen LogP contribution in [0.15, 0.2) is 24.3 Å². The smallest absolute Gasteiger partial charge is 0.247 e. The van der Waals surface area contributed by atoms with Crippen molar-refractivity contribution >= 4 is 23.2 Å². The van der Waals surface area contributed by atoms with Gasteiger partial charge in [-0.15, -0.1) is 0 Å². The molecule has 1 heterocycles. The quantitative estimate of drug-likeness (QED) is 0.809. The van der Waals surface area contributed by atoms with Gasteiger partial charge >= 0.3 is 0 Å². The van der Waals surface area contributed by atoms with Crippen molar-refractivity contribution in [1.82, 2.24) is 0 Å². The molecule has 1 aromatic carbocycles. The molecule has 0 unspecified atom stereocenters. The molecule has 80 valence electrons. The van der Waals surface area contributed by atoms with E-state index in [4.69, 9.17) is 22.1 Å². The van der Waals surface area contributed by atoms with Crippen LogP contribution in [0.2, 0.25) is 5.02 Å². The van der Waals surface area contributed by atoms with E-state index in [0.29, 0.717) is 18.2 Å². The topological polar surface area (TPSA) is 64.4 Å². The van der Waals surface area contributed by atoms with Crippen LogP contribution in [-0.2, 0) is 9.53 Å². The molecule has 2 rings (SSSR count). The molecule has 0 atom stereocenters. The van der Waals surface area contributed by atoms with Crippen molar-refractivity contribution in [3.63, 3.8) is 0 Å². The Morgan fingerprint density at radius 3 is 2.40 bits per heavy atom. The predicted molar refractivity (Wildman–Crippen MR) is 57.8 cm³/mol. The molecule has 4 nitrogen and oxygen atoms in total. The summed E-state index contributed by atoms with van der Waals surface area (Å²) in [5, 5.41) is 3.71. The summed E-state index contributed by atoms with van der Waals surface area (Å²) in [7, 11) is 0. The Morgan fingerprint density at radius 2 is 2.00 bits per heavy atom. The summed E-state index contributed by atoms with van der Waals surface area (Å²) >= 11 is 5.75. The van der Waals surface area contributed by atoms with E-state index in [1.807, 2.05) is 0 Å². The Hall–Kier alpha value is -1.26. The van der Waals surface area contributed by atoms with Crippen LogP contribution in [-0.4, -0.2) is 24.7 Å². The summed E-state index contributed by atoms with van der Waals surface area (Å²) in [6.45, 7) is 0.621. The average molecular weight is 227 g/mol. The number of primary amides is 1. The maximum absolute atomic E-state index is 11.2. The second-order valence-electron chi connectivity index (χ2n) is 3.57. The number of anilines is 1. The van der Waals surface area contributed by atoms with Gasteiger partial charge in [0.25, 0.3) is 0 Å². The largest absolute Gasteiger partial charge is 0.375 e. The lowest BCUT2D eigenvalue weighted by Crippen LogP contribution is -2.64. The van der Waals surface area contributed by atoms with E-state index < -0.39 is 11.4 Å². The fraction of sp³-hybridized carbons (Fsp3) is 0.300. The van der Waals surface area contributed by atoms with E-state index in [1.54, 1.807) is 24.3 Å². The molecule has 1 aromatic rings. The van der Waals surface area contributed by atoms with E-state index in [0.717, 1.165) is 5.69 Å². The van der Waals surface area contributed by atoms with E-state index in [2.05, 4.69) is 5.32 Å². The van der Waals surface area contributed by atoms with Crippen molar-refractivity contribution < 1.29 is 9.53 Å². The zero-order chi connectivity index (χ0) is 10.9. The molecule has 0 aromatic heterocycles. The number of rotatable bonds is 3. The third-order valence-corrected chi connectivity index (χ3v) is 2.65. The lowest BCUT2D eigenvalue weighted by molar-refractivity contribution is -0.137. The van der Waals surface area contributed by atoms with E-state index >= 15 is 0 Å². The molecule has 1 fully saturated rings. The van der Waals surface area contributed by atoms with Crippen LogP contribution in [0.25, 0.3) is 0 Å². The standard InChI is InChI=1S/C10H11ClN2O2/c11-7-1-3-8(4-2-7)13-10(9(12)14)5-15-6-10/h1-4,13H,5-6H2,(H2,12,14). The van der Waals surface area contributed by atoms with Gasteiger partial charge in [0.05, 0.1) is 13.2 Å². The third-order valence-electron chi connectivity index (χ3n) is 2.40. The van der Waals surface area contributed by atoms with Crippen LogP contribution in [0.5, 0.6) is 0 Å². The highest BCUT2D eigenvalue weighted by atomic mass is 35.5. The van der Waals surface area contributed by atoms with Crippen LogP contribution < -0.4 is 11.1 Å². The Balaban J connectivity index is 2.13. The van der Waals surface area contributed by atoms with Crippen LogP contribution >= 0.6 is 11.6 Å². The third kappa shape index (κ3) is 1.91. The van der Waals surface area contributed by atoms with Crippen LogP contribution in [0.3, 0.4) is 0 Å². The summed E-state index contributed by atoms with van der Waals surface area (Å²) in [5.41, 5.74) is 5.35. The van der Waals surface area contributed by atoms with Gasteiger partial charge in [-0.05, 0) is 24.3 Å². The minimum atomic E-state index is -0.756. The van der Waals surface area contributed by atoms with Gasteiger partial charge in [0.2, 0.25) is 5.91 Å². The highest BCUT2D eigenvalue weighted by molar-refractivity contribution is 6.30. The molecule has 0 aliphatic carbocycles. The first-order valence-corrected chi connectivity index (χ1v) is 4.92. The van der Waals surface area contributed by atoms with Gasteiger partial charge in [-0.2, -0.15) is 0 Å². The first-order valence-electron chi connectivity index (χ1n) is 4.54. The number of nitrogens with two attached hydrogens (primary N) is 1. The van der Waals surface area contributed by atoms with Gasteiger partial charge in [0, 0.05) is 10.7 Å². The van der Waals surface area contributed by atoms with Crippen molar-refractivity contribution in [3.05, 3.63) is 29.3 Å². The Bertz CT molecular complexity index is 374. The van der Waals surface area contributed by atoms with Crippen LogP contribution in [0, 0.1) is 0 Å². The molecule has 15 heavy (non-hydrogen) atoms. The Morgan fingerprint density at radius 1 is 1.40 bits per heavy atom. The van der Waals surface area contributed by atoms with Crippen molar-refractivity contribution in [3.8, 4) is 0 Å². The highest BCUT2D eigenvalue weighted by Gasteiger charge is 2.44. The fourth-order valence-corrected chi connectivity index (χ4v) is 1.52. The molecule has 0 bridgehead atoms. The minimum Gasteiger partial charge on any atom is -0.375 e. The predicted octanol–water partition coefficient (Wildman–Crippen LogP) is 1.01. The monoisotopic (exact) mass is 226 g/mol. The second kappa shape index (κ2) is 3.72. The summed E-state index contributed by atoms with van der Waals surface area (Å²) in [6.07, 6.45) is 0. The average Bonchev–Trinajstić information content (AvgIpc) is 2.13. The summed E-state index contributed by atoms with van der Waals surface area (Å²) in [4.78, 5) is 11.2. The number of carbonyl (C=O) groups is 1. The zero-order valence-electron chi connectivity index (χ0n) is 8.00. The first kappa shape index (κ1) is 10.3. The van der Waals surface area contributed by atoms with E-state index in [-0.39, 0.29) is 0 Å². The number of ether oxygens (including phenoxy) is 1. The van der Waals surface area contributed by atoms with Crippen LogP contribution in [0.1, 0.15) is 0 Å². The lowest BCUT2D eigenvalue weighted by Gasteiger charge is -2.39. The maximum Gasteiger partial charge on any atom is 0.247 e. The summed E-state index contributed by atoms with van der Waals surface area (Å²) in [5.74, 6) is -0.399. The van der Waals surface area contributed by atoms with Gasteiger partial charge in [-0.3, -0.25) is 4.79 Å². The number of hydrogen-bond donors (Lipinski definition) is 2. The molecule has 3 N–H and O–H groups in total. The summed E-state index contributed by atoms with van der Waals surface area (Å²) in [6, 6.07) is 7.09. The molecule has 5 heteroatoms. The van der Waals surface area contributed by atoms with E-state index in [1.165, 1.54) is 0 Å². The fourth-order valence-electron chi connectivity index (χ4n) is 1.39. The number of halogens is 1. The number of benzene rings is 1. The van der Waals surface area contributed by atoms with Crippen molar-refractivity contribution in [1.29, 1.82) is 0 Å². The Kier molecular flexibility index (Phi) is 2.54. The number of amides is 1. The Labute approximate surface area is 92.4 Å². The van der Waals surface area contributed by atoms with Crippen LogP contribution in [0.4, 0.5) is 5.69 Å². The normalized spacial score (nSPS) is 17.9. The summed E-state index contributed by atoms with van der Waals surface area (Å²) < 4.78 is 5.01. The molecular formula is C10H11ClN2O2. The van der Waals surface area contributed by atoms with Crippen molar-refractivity contribution in [2.45, 2.75) is 5.54 Å². The molecule has 0 spiro atoms. The first-order chi connectivity index (χ1) is 7.12. The number of carbonyl (C=O) groups excluding carboxylic acids is 1. The molecular weight excluding hydrogens is 216 g/mol. The molecule has 1 amide bonds. The lowest BCUT2D eigenvalue weighted by atomic mass is 9.96. The van der Waals surface area contributed by atoms with Crippen molar-refractivity contribution in [2.75, 3.05) is 18.5 Å². The number of hydrogen-bond acceptors (Lipinski definition) is 3. The van der Waals surface area contributed by atoms with Gasteiger partial charge in [-0.1, -0.05) is 11.6 Å². The minimum absolute atomic E-state index is 0.310. The highest BCUT2D eigenvalue weighted by Crippen LogP contribution is 2.23. The molecule has 0 radical (unpaired) electrons. The van der Waals surface area contributed by atoms with Gasteiger partial charge < -0.3 is 15.8 Å². The molecule has 1 aliphatic heterocycles. The van der Waals surface area contributed by atoms with Crippen molar-refractivity contribution in [2.24, 2.45) is 5.73 Å². The second-order valence-corrected chi connectivity index (χ2v) is 4.01.